The van der Waals surface area contributed by atoms with Gasteiger partial charge in [-0.2, -0.15) is 10.2 Å². The van der Waals surface area contributed by atoms with Crippen LogP contribution in [0.4, 0.5) is 4.39 Å². The van der Waals surface area contributed by atoms with E-state index in [-0.39, 0.29) is 29.4 Å². The number of amides is 1. The Morgan fingerprint density at radius 3 is 2.42 bits per heavy atom. The van der Waals surface area contributed by atoms with Gasteiger partial charge in [0.1, 0.15) is 5.82 Å². The highest BCUT2D eigenvalue weighted by Gasteiger charge is 2.33. The Kier molecular flexibility index (Phi) is 6.33. The second-order valence-corrected chi connectivity index (χ2v) is 10.7. The second-order valence-electron chi connectivity index (χ2n) is 10.7. The molecule has 1 saturated carbocycles. The summed E-state index contributed by atoms with van der Waals surface area (Å²) in [6.45, 7) is 4.64. The first-order chi connectivity index (χ1) is 17.6. The van der Waals surface area contributed by atoms with E-state index in [1.165, 1.54) is 12.1 Å². The summed E-state index contributed by atoms with van der Waals surface area (Å²) in [4.78, 5) is 31.1. The molecule has 1 aliphatic carbocycles. The van der Waals surface area contributed by atoms with E-state index >= 15 is 0 Å². The van der Waals surface area contributed by atoms with Gasteiger partial charge in [0.05, 0.1) is 17.2 Å². The Hall–Kier alpha value is -3.07. The van der Waals surface area contributed by atoms with Gasteiger partial charge in [-0.3, -0.25) is 18.8 Å². The van der Waals surface area contributed by atoms with Gasteiger partial charge in [0.25, 0.3) is 0 Å². The molecular weight excluding hydrogens is 459 g/mol. The van der Waals surface area contributed by atoms with Crippen molar-refractivity contribution in [3.63, 3.8) is 0 Å². The summed E-state index contributed by atoms with van der Waals surface area (Å²) in [6, 6.07) is 6.69. The molecule has 6 rings (SSSR count). The fourth-order valence-electron chi connectivity index (χ4n) is 5.95. The molecule has 2 aromatic heterocycles. The minimum atomic E-state index is -0.312. The molecule has 0 radical (unpaired) electrons. The SMILES string of the molecule is O=C(C1CCN(Cc2ccnnc2)CC1)N1CCC(n2c(=O)n(CC3CC3)c3cc(F)ccc32)CC1. The molecule has 0 spiro atoms. The zero-order valence-electron chi connectivity index (χ0n) is 20.6. The third-order valence-corrected chi connectivity index (χ3v) is 8.19. The van der Waals surface area contributed by atoms with Gasteiger partial charge in [0.15, 0.2) is 0 Å². The minimum absolute atomic E-state index is 0.0331. The van der Waals surface area contributed by atoms with Crippen LogP contribution in [0.3, 0.4) is 0 Å². The van der Waals surface area contributed by atoms with Gasteiger partial charge >= 0.3 is 5.69 Å². The fourth-order valence-corrected chi connectivity index (χ4v) is 5.95. The molecule has 0 atom stereocenters. The number of aromatic nitrogens is 4. The maximum Gasteiger partial charge on any atom is 0.329 e. The number of benzene rings is 1. The monoisotopic (exact) mass is 492 g/mol. The summed E-state index contributed by atoms with van der Waals surface area (Å²) in [5, 5.41) is 7.78. The Bertz CT molecular complexity index is 1280. The summed E-state index contributed by atoms with van der Waals surface area (Å²) in [5.41, 5.74) is 2.61. The van der Waals surface area contributed by atoms with E-state index in [0.29, 0.717) is 31.1 Å². The lowest BCUT2D eigenvalue weighted by Crippen LogP contribution is -2.46. The smallest absolute Gasteiger partial charge is 0.329 e. The summed E-state index contributed by atoms with van der Waals surface area (Å²) in [7, 11) is 0. The molecule has 1 aromatic carbocycles. The van der Waals surface area contributed by atoms with Gasteiger partial charge < -0.3 is 4.90 Å². The lowest BCUT2D eigenvalue weighted by Gasteiger charge is -2.37. The van der Waals surface area contributed by atoms with E-state index in [1.807, 2.05) is 15.5 Å². The summed E-state index contributed by atoms with van der Waals surface area (Å²) in [5.74, 6) is 0.536. The molecule has 4 heterocycles. The second kappa shape index (κ2) is 9.76. The van der Waals surface area contributed by atoms with Gasteiger partial charge in [0, 0.05) is 44.3 Å². The molecule has 36 heavy (non-hydrogen) atoms. The number of halogens is 1. The predicted molar refractivity (Wildman–Crippen MR) is 134 cm³/mol. The number of piperidine rings is 2. The van der Waals surface area contributed by atoms with E-state index in [9.17, 15) is 14.0 Å². The van der Waals surface area contributed by atoms with E-state index in [1.54, 1.807) is 23.0 Å². The molecule has 0 N–H and O–H groups in total. The van der Waals surface area contributed by atoms with Crippen LogP contribution < -0.4 is 5.69 Å². The number of fused-ring (bicyclic) bond motifs is 1. The molecule has 0 unspecified atom stereocenters. The highest BCUT2D eigenvalue weighted by molar-refractivity contribution is 5.79. The van der Waals surface area contributed by atoms with Crippen LogP contribution in [0.25, 0.3) is 11.0 Å². The van der Waals surface area contributed by atoms with Gasteiger partial charge in [-0.1, -0.05) is 0 Å². The van der Waals surface area contributed by atoms with Gasteiger partial charge in [-0.15, -0.1) is 0 Å². The maximum atomic E-state index is 14.0. The van der Waals surface area contributed by atoms with E-state index in [2.05, 4.69) is 15.1 Å². The third kappa shape index (κ3) is 4.68. The van der Waals surface area contributed by atoms with Crippen molar-refractivity contribution in [1.82, 2.24) is 29.1 Å². The Labute approximate surface area is 209 Å². The van der Waals surface area contributed by atoms with Crippen LogP contribution in [0.5, 0.6) is 0 Å². The maximum absolute atomic E-state index is 14.0. The van der Waals surface area contributed by atoms with Gasteiger partial charge in [-0.25, -0.2) is 9.18 Å². The number of imidazole rings is 1. The first-order valence-corrected chi connectivity index (χ1v) is 13.2. The quantitative estimate of drug-likeness (QED) is 0.528. The molecule has 9 heteroatoms. The molecule has 0 bridgehead atoms. The molecule has 3 fully saturated rings. The van der Waals surface area contributed by atoms with Crippen molar-refractivity contribution in [2.75, 3.05) is 26.2 Å². The molecule has 2 saturated heterocycles. The molecule has 8 nitrogen and oxygen atoms in total. The standard InChI is InChI=1S/C27H33FN6O2/c28-22-3-4-24-25(15-22)33(18-19-1-2-19)27(36)34(24)23-8-13-32(14-9-23)26(35)21-6-11-31(12-7-21)17-20-5-10-29-30-16-20/h3-5,10,15-16,19,21,23H,1-2,6-9,11-14,17-18H2. The van der Waals surface area contributed by atoms with Crippen molar-refractivity contribution in [1.29, 1.82) is 0 Å². The van der Waals surface area contributed by atoms with Crippen molar-refractivity contribution in [3.05, 3.63) is 58.5 Å². The number of rotatable bonds is 6. The molecular formula is C27H33FN6O2. The highest BCUT2D eigenvalue weighted by Crippen LogP contribution is 2.33. The lowest BCUT2D eigenvalue weighted by atomic mass is 9.93. The van der Waals surface area contributed by atoms with Crippen molar-refractivity contribution in [3.8, 4) is 0 Å². The molecule has 190 valence electrons. The summed E-state index contributed by atoms with van der Waals surface area (Å²) < 4.78 is 17.7. The van der Waals surface area contributed by atoms with Crippen molar-refractivity contribution in [2.24, 2.45) is 11.8 Å². The van der Waals surface area contributed by atoms with Crippen LogP contribution in [0.2, 0.25) is 0 Å². The van der Waals surface area contributed by atoms with Crippen LogP contribution in [0.1, 0.15) is 50.1 Å². The minimum Gasteiger partial charge on any atom is -0.342 e. The zero-order chi connectivity index (χ0) is 24.6. The first kappa shape index (κ1) is 23.3. The van der Waals surface area contributed by atoms with Crippen molar-refractivity contribution < 1.29 is 9.18 Å². The molecule has 3 aliphatic rings. The lowest BCUT2D eigenvalue weighted by molar-refractivity contribution is -0.138. The number of nitrogens with zero attached hydrogens (tertiary/aromatic N) is 6. The van der Waals surface area contributed by atoms with E-state index in [0.717, 1.165) is 69.2 Å². The molecule has 3 aromatic rings. The van der Waals surface area contributed by atoms with Crippen LogP contribution in [0.15, 0.2) is 41.5 Å². The number of hydrogen-bond acceptors (Lipinski definition) is 5. The predicted octanol–water partition coefficient (Wildman–Crippen LogP) is 3.22. The average molecular weight is 493 g/mol. The van der Waals surface area contributed by atoms with Crippen LogP contribution in [0, 0.1) is 17.7 Å². The fraction of sp³-hybridized carbons (Fsp3) is 0.556. The Morgan fingerprint density at radius 2 is 1.72 bits per heavy atom. The topological polar surface area (TPSA) is 76.3 Å². The zero-order valence-corrected chi connectivity index (χ0v) is 20.6. The third-order valence-electron chi connectivity index (χ3n) is 8.19. The number of carbonyl (C=O) groups is 1. The van der Waals surface area contributed by atoms with E-state index < -0.39 is 0 Å². The Morgan fingerprint density at radius 1 is 0.944 bits per heavy atom. The van der Waals surface area contributed by atoms with Crippen LogP contribution in [-0.2, 0) is 17.9 Å². The number of hydrogen-bond donors (Lipinski definition) is 0. The number of carbonyl (C=O) groups excluding carboxylic acids is 1. The van der Waals surface area contributed by atoms with Gasteiger partial charge in [-0.05, 0) is 87.4 Å². The van der Waals surface area contributed by atoms with Crippen molar-refractivity contribution in [2.45, 2.75) is 57.7 Å². The van der Waals surface area contributed by atoms with Crippen LogP contribution in [-0.4, -0.2) is 61.2 Å². The van der Waals surface area contributed by atoms with E-state index in [4.69, 9.17) is 0 Å². The summed E-state index contributed by atoms with van der Waals surface area (Å²) >= 11 is 0. The highest BCUT2D eigenvalue weighted by atomic mass is 19.1. The number of likely N-dealkylation sites (tertiary alicyclic amines) is 2. The molecule has 2 aliphatic heterocycles. The van der Waals surface area contributed by atoms with Gasteiger partial charge in [0.2, 0.25) is 5.91 Å². The largest absolute Gasteiger partial charge is 0.342 e. The Balaban J connectivity index is 1.09. The normalized spacial score (nSPS) is 20.3. The molecule has 1 amide bonds. The van der Waals surface area contributed by atoms with Crippen LogP contribution >= 0.6 is 0 Å². The first-order valence-electron chi connectivity index (χ1n) is 13.2. The van der Waals surface area contributed by atoms with Crippen molar-refractivity contribution >= 4 is 16.9 Å². The summed E-state index contributed by atoms with van der Waals surface area (Å²) in [6.07, 6.45) is 9.02. The average Bonchev–Trinajstić information content (AvgIpc) is 3.69.